The first-order valence-corrected chi connectivity index (χ1v) is 7.96. The molecule has 1 aromatic rings. The average molecular weight is 642 g/mol. The van der Waals surface area contributed by atoms with Crippen molar-refractivity contribution >= 4 is 90.4 Å². The van der Waals surface area contributed by atoms with Crippen molar-refractivity contribution in [3.05, 3.63) is 19.8 Å². The Hall–Kier alpha value is 1.90. The molecule has 2 N–H and O–H groups in total. The molecule has 0 radical (unpaired) electrons. The van der Waals surface area contributed by atoms with Gasteiger partial charge >= 0.3 is 0 Å². The number of hydrogen-bond donors (Lipinski definition) is 2. The van der Waals surface area contributed by atoms with Crippen molar-refractivity contribution in [3.8, 4) is 5.75 Å². The van der Waals surface area contributed by atoms with E-state index >= 15 is 0 Å². The minimum atomic E-state index is 0.142. The van der Waals surface area contributed by atoms with Crippen LogP contribution in [-0.2, 0) is 6.42 Å². The Labute approximate surface area is 137 Å². The summed E-state index contributed by atoms with van der Waals surface area (Å²) in [6.45, 7) is 0.142. The van der Waals surface area contributed by atoms with E-state index in [9.17, 15) is 5.11 Å². The molecular weight excluding hydrogens is 636 g/mol. The summed E-state index contributed by atoms with van der Waals surface area (Å²) in [6.07, 6.45) is 0.642. The number of aliphatic hydroxyl groups excluding tert-OH is 1. The average Bonchev–Trinajstić information content (AvgIpc) is 2.19. The van der Waals surface area contributed by atoms with Crippen LogP contribution in [0.4, 0.5) is 0 Å². The van der Waals surface area contributed by atoms with Crippen molar-refractivity contribution in [2.75, 3.05) is 6.61 Å². The highest BCUT2D eigenvalue weighted by atomic mass is 127. The summed E-state index contributed by atoms with van der Waals surface area (Å²) in [5.41, 5.74) is 1.13. The predicted octanol–water partition coefficient (Wildman–Crippen LogP) is 3.35. The Bertz CT molecular complexity index is 336. The number of phenols is 1. The highest BCUT2D eigenvalue weighted by Crippen LogP contribution is 2.36. The number of aliphatic hydroxyl groups is 1. The summed E-state index contributed by atoms with van der Waals surface area (Å²) in [4.78, 5) is 0. The summed E-state index contributed by atoms with van der Waals surface area (Å²) < 4.78 is 3.83. The van der Waals surface area contributed by atoms with Crippen molar-refractivity contribution in [2.24, 2.45) is 0 Å². The van der Waals surface area contributed by atoms with Gasteiger partial charge in [0.15, 0.2) is 0 Å². The number of benzene rings is 1. The smallest absolute Gasteiger partial charge is 0.144 e. The fourth-order valence-electron chi connectivity index (χ4n) is 0.997. The standard InChI is InChI=1S/C8H6I4O2/c9-4-3(1-2-13)5(10)7(12)8(14)6(4)11/h13-14H,1-2H2. The number of phenolic OH excluding ortho intramolecular Hbond substituents is 1. The van der Waals surface area contributed by atoms with Gasteiger partial charge in [0.25, 0.3) is 0 Å². The Kier molecular flexibility index (Phi) is 5.99. The van der Waals surface area contributed by atoms with Gasteiger partial charge in [-0.3, -0.25) is 0 Å². The summed E-state index contributed by atoms with van der Waals surface area (Å²) >= 11 is 8.68. The molecule has 0 unspecified atom stereocenters. The molecule has 0 saturated carbocycles. The van der Waals surface area contributed by atoms with Crippen LogP contribution >= 0.6 is 90.4 Å². The van der Waals surface area contributed by atoms with E-state index in [4.69, 9.17) is 5.11 Å². The second-order valence-electron chi connectivity index (χ2n) is 2.56. The van der Waals surface area contributed by atoms with Crippen LogP contribution in [-0.4, -0.2) is 16.8 Å². The van der Waals surface area contributed by atoms with Gasteiger partial charge < -0.3 is 10.2 Å². The van der Waals surface area contributed by atoms with E-state index in [-0.39, 0.29) is 6.61 Å². The molecule has 1 aromatic carbocycles. The molecule has 0 aliphatic carbocycles. The lowest BCUT2D eigenvalue weighted by Gasteiger charge is -2.12. The van der Waals surface area contributed by atoms with Gasteiger partial charge in [-0.1, -0.05) is 0 Å². The lowest BCUT2D eigenvalue weighted by molar-refractivity contribution is 0.299. The summed E-state index contributed by atoms with van der Waals surface area (Å²) in [7, 11) is 0. The molecule has 0 aliphatic rings. The van der Waals surface area contributed by atoms with Gasteiger partial charge in [0.05, 0.1) is 7.14 Å². The van der Waals surface area contributed by atoms with Crippen LogP contribution in [0.5, 0.6) is 5.75 Å². The predicted molar refractivity (Wildman–Crippen MR) is 89.8 cm³/mol. The summed E-state index contributed by atoms with van der Waals surface area (Å²) in [5, 5.41) is 18.7. The van der Waals surface area contributed by atoms with Gasteiger partial charge in [0, 0.05) is 13.7 Å². The largest absolute Gasteiger partial charge is 0.506 e. The van der Waals surface area contributed by atoms with Gasteiger partial charge in [-0.05, 0) is 102 Å². The lowest BCUT2D eigenvalue weighted by Crippen LogP contribution is -2.02. The molecule has 0 aliphatic heterocycles. The van der Waals surface area contributed by atoms with Crippen LogP contribution in [0.15, 0.2) is 0 Å². The molecule has 0 amide bonds. The van der Waals surface area contributed by atoms with Crippen molar-refractivity contribution in [3.63, 3.8) is 0 Å². The lowest BCUT2D eigenvalue weighted by atomic mass is 10.1. The third kappa shape index (κ3) is 2.77. The molecule has 0 fully saturated rings. The molecule has 0 bridgehead atoms. The molecule has 0 aromatic heterocycles. The maximum absolute atomic E-state index is 9.77. The zero-order valence-corrected chi connectivity index (χ0v) is 15.5. The highest BCUT2D eigenvalue weighted by molar-refractivity contribution is 14.1. The van der Waals surface area contributed by atoms with Gasteiger partial charge in [-0.15, -0.1) is 0 Å². The topological polar surface area (TPSA) is 40.5 Å². The van der Waals surface area contributed by atoms with Crippen LogP contribution in [0.25, 0.3) is 0 Å². The number of hydrogen-bond acceptors (Lipinski definition) is 2. The number of rotatable bonds is 2. The first kappa shape index (κ1) is 14.0. The number of aromatic hydroxyl groups is 1. The molecule has 78 valence electrons. The Morgan fingerprint density at radius 3 is 1.64 bits per heavy atom. The first-order valence-electron chi connectivity index (χ1n) is 3.65. The summed E-state index contributed by atoms with van der Waals surface area (Å²) in [6, 6.07) is 0. The van der Waals surface area contributed by atoms with E-state index in [1.807, 2.05) is 0 Å². The van der Waals surface area contributed by atoms with Crippen LogP contribution in [0.2, 0.25) is 0 Å². The van der Waals surface area contributed by atoms with Crippen molar-refractivity contribution in [1.82, 2.24) is 0 Å². The first-order chi connectivity index (χ1) is 6.50. The number of halogens is 4. The second kappa shape index (κ2) is 6.00. The van der Waals surface area contributed by atoms with Crippen molar-refractivity contribution in [2.45, 2.75) is 6.42 Å². The van der Waals surface area contributed by atoms with E-state index in [1.165, 1.54) is 0 Å². The normalized spacial score (nSPS) is 10.6. The Morgan fingerprint density at radius 2 is 1.29 bits per heavy atom. The minimum Gasteiger partial charge on any atom is -0.506 e. The van der Waals surface area contributed by atoms with Gasteiger partial charge in [0.1, 0.15) is 5.75 Å². The Morgan fingerprint density at radius 1 is 0.857 bits per heavy atom. The second-order valence-corrected chi connectivity index (χ2v) is 6.87. The van der Waals surface area contributed by atoms with E-state index in [0.29, 0.717) is 12.2 Å². The molecule has 6 heteroatoms. The van der Waals surface area contributed by atoms with E-state index < -0.39 is 0 Å². The van der Waals surface area contributed by atoms with Gasteiger partial charge in [-0.2, -0.15) is 0 Å². The van der Waals surface area contributed by atoms with Crippen LogP contribution < -0.4 is 0 Å². The van der Waals surface area contributed by atoms with Gasteiger partial charge in [0.2, 0.25) is 0 Å². The molecule has 0 spiro atoms. The summed E-state index contributed by atoms with van der Waals surface area (Å²) in [5.74, 6) is 0.349. The van der Waals surface area contributed by atoms with E-state index in [0.717, 1.165) is 19.8 Å². The zero-order chi connectivity index (χ0) is 10.9. The van der Waals surface area contributed by atoms with Crippen molar-refractivity contribution < 1.29 is 10.2 Å². The van der Waals surface area contributed by atoms with E-state index in [1.54, 1.807) is 0 Å². The third-order valence-electron chi connectivity index (χ3n) is 1.69. The minimum absolute atomic E-state index is 0.142. The molecule has 2 nitrogen and oxygen atoms in total. The SMILES string of the molecule is OCCc1c(I)c(I)c(O)c(I)c1I. The molecule has 0 saturated heterocycles. The van der Waals surface area contributed by atoms with Crippen LogP contribution in [0, 0.1) is 14.3 Å². The maximum atomic E-state index is 9.77. The fraction of sp³-hybridized carbons (Fsp3) is 0.250. The van der Waals surface area contributed by atoms with Crippen molar-refractivity contribution in [1.29, 1.82) is 0 Å². The monoisotopic (exact) mass is 642 g/mol. The van der Waals surface area contributed by atoms with Crippen LogP contribution in [0.3, 0.4) is 0 Å². The quantitative estimate of drug-likeness (QED) is 0.385. The van der Waals surface area contributed by atoms with Gasteiger partial charge in [-0.25, -0.2) is 0 Å². The molecule has 14 heavy (non-hydrogen) atoms. The molecule has 0 atom stereocenters. The molecule has 0 heterocycles. The zero-order valence-electron chi connectivity index (χ0n) is 6.82. The Balaban J connectivity index is 3.43. The molecular formula is C8H6I4O2. The molecule has 1 rings (SSSR count). The maximum Gasteiger partial charge on any atom is 0.144 e. The van der Waals surface area contributed by atoms with E-state index in [2.05, 4.69) is 90.4 Å². The fourth-order valence-corrected chi connectivity index (χ4v) is 4.81. The van der Waals surface area contributed by atoms with Crippen LogP contribution in [0.1, 0.15) is 5.56 Å². The highest BCUT2D eigenvalue weighted by Gasteiger charge is 2.17. The third-order valence-corrected chi connectivity index (χ3v) is 8.24.